The maximum Gasteiger partial charge on any atom is 0.299 e. The summed E-state index contributed by atoms with van der Waals surface area (Å²) in [5.74, 6) is 3.07. The summed E-state index contributed by atoms with van der Waals surface area (Å²) in [5.41, 5.74) is 1.63. The fourth-order valence-corrected chi connectivity index (χ4v) is 8.27. The van der Waals surface area contributed by atoms with Gasteiger partial charge < -0.3 is 9.08 Å². The Morgan fingerprint density at radius 3 is 2.17 bits per heavy atom. The van der Waals surface area contributed by atoms with Crippen LogP contribution in [0.5, 0.6) is 0 Å². The zero-order chi connectivity index (χ0) is 21.5. The van der Waals surface area contributed by atoms with Gasteiger partial charge in [-0.05, 0) is 80.6 Å². The van der Waals surface area contributed by atoms with Crippen molar-refractivity contribution in [2.45, 2.75) is 140 Å². The van der Waals surface area contributed by atoms with Crippen molar-refractivity contribution in [1.82, 2.24) is 0 Å². The highest BCUT2D eigenvalue weighted by atomic mass is 28.4. The van der Waals surface area contributed by atoms with Crippen LogP contribution in [0.1, 0.15) is 98.3 Å². The summed E-state index contributed by atoms with van der Waals surface area (Å²) in [5, 5.41) is 0.285. The maximum atomic E-state index is 7.05. The van der Waals surface area contributed by atoms with Crippen LogP contribution in [0, 0.1) is 11.8 Å². The highest BCUT2D eigenvalue weighted by molar-refractivity contribution is 6.74. The van der Waals surface area contributed by atoms with Crippen LogP contribution in [0.25, 0.3) is 0 Å². The van der Waals surface area contributed by atoms with Crippen molar-refractivity contribution in [2.24, 2.45) is 11.8 Å². The molecule has 4 atom stereocenters. The number of allylic oxidation sites excluding steroid dienone is 2. The zero-order valence-electron chi connectivity index (χ0n) is 20.7. The molecule has 2 nitrogen and oxygen atoms in total. The molecule has 4 aliphatic rings. The lowest BCUT2D eigenvalue weighted by atomic mass is 9.38. The van der Waals surface area contributed by atoms with Gasteiger partial charge in [0.05, 0.1) is 0 Å². The lowest BCUT2D eigenvalue weighted by molar-refractivity contribution is 0.0744. The van der Waals surface area contributed by atoms with Gasteiger partial charge in [0.25, 0.3) is 6.92 Å². The predicted molar refractivity (Wildman–Crippen MR) is 132 cm³/mol. The van der Waals surface area contributed by atoms with Gasteiger partial charge in [0.1, 0.15) is 0 Å². The molecular weight excluding hydrogens is 383 g/mol. The summed E-state index contributed by atoms with van der Waals surface area (Å²) in [4.78, 5) is 0. The van der Waals surface area contributed by atoms with Crippen LogP contribution in [-0.4, -0.2) is 27.4 Å². The second kappa shape index (κ2) is 9.06. The van der Waals surface area contributed by atoms with Gasteiger partial charge in [-0.2, -0.15) is 0 Å². The molecule has 0 aromatic carbocycles. The Bertz CT molecular complexity index is 603. The first-order valence-corrected chi connectivity index (χ1v) is 16.1. The molecule has 4 rings (SSSR count). The van der Waals surface area contributed by atoms with Gasteiger partial charge in [0.15, 0.2) is 8.32 Å². The Morgan fingerprint density at radius 1 is 0.933 bits per heavy atom. The molecule has 1 unspecified atom stereocenters. The van der Waals surface area contributed by atoms with Crippen molar-refractivity contribution in [3.8, 4) is 0 Å². The third-order valence-corrected chi connectivity index (χ3v) is 14.2. The fraction of sp³-hybridized carbons (Fsp3) is 0.923. The van der Waals surface area contributed by atoms with Crippen molar-refractivity contribution in [3.63, 3.8) is 0 Å². The zero-order valence-corrected chi connectivity index (χ0v) is 21.7. The first kappa shape index (κ1) is 23.1. The first-order chi connectivity index (χ1) is 14.2. The van der Waals surface area contributed by atoms with Crippen LogP contribution >= 0.6 is 0 Å². The molecule has 0 N–H and O–H groups in total. The Kier molecular flexibility index (Phi) is 6.98. The number of fused-ring (bicyclic) bond motifs is 3. The van der Waals surface area contributed by atoms with Gasteiger partial charge in [-0.15, -0.1) is 0 Å². The summed E-state index contributed by atoms with van der Waals surface area (Å²) in [6, 6.07) is 0. The number of rotatable bonds is 4. The van der Waals surface area contributed by atoms with Gasteiger partial charge in [-0.25, -0.2) is 0 Å². The molecule has 2 aliphatic carbocycles. The molecule has 170 valence electrons. The molecule has 1 saturated carbocycles. The number of hydrogen-bond donors (Lipinski definition) is 0. The van der Waals surface area contributed by atoms with Crippen LogP contribution < -0.4 is 0 Å². The van der Waals surface area contributed by atoms with Crippen molar-refractivity contribution in [2.75, 3.05) is 0 Å². The van der Waals surface area contributed by atoms with Crippen molar-refractivity contribution >= 4 is 15.2 Å². The van der Waals surface area contributed by atoms with E-state index in [0.29, 0.717) is 25.0 Å². The van der Waals surface area contributed by atoms with E-state index >= 15 is 0 Å². The standard InChI is InChI=1S/C26H47BO2Si/c1-19-10-7-15-22(28-27-20-11-8-12-21(27)14-9-13-20)18-24-23(19)16-17-25(24)29-30(5,6)26(2,3)4/h10,20-25H,7-9,11-18H2,1-6H3/b19-10-/t20?,21?,22?,23-,24+,25+/m1/s1. The summed E-state index contributed by atoms with van der Waals surface area (Å²) >= 11 is 0. The summed E-state index contributed by atoms with van der Waals surface area (Å²) in [6.07, 6.45) is 18.2. The molecule has 2 heterocycles. The van der Waals surface area contributed by atoms with E-state index in [4.69, 9.17) is 9.08 Å². The van der Waals surface area contributed by atoms with E-state index in [0.717, 1.165) is 17.6 Å². The van der Waals surface area contributed by atoms with E-state index < -0.39 is 8.32 Å². The van der Waals surface area contributed by atoms with E-state index in [1.54, 1.807) is 5.57 Å². The minimum absolute atomic E-state index is 0.285. The lowest BCUT2D eigenvalue weighted by Gasteiger charge is -2.43. The van der Waals surface area contributed by atoms with E-state index in [-0.39, 0.29) is 5.04 Å². The van der Waals surface area contributed by atoms with E-state index in [2.05, 4.69) is 46.9 Å². The predicted octanol–water partition coefficient (Wildman–Crippen LogP) is 8.02. The molecule has 0 aromatic rings. The first-order valence-electron chi connectivity index (χ1n) is 13.2. The second-order valence-electron chi connectivity index (χ2n) is 12.6. The Hall–Kier alpha value is -0.0582. The van der Waals surface area contributed by atoms with Crippen LogP contribution in [0.15, 0.2) is 11.6 Å². The Labute approximate surface area is 188 Å². The van der Waals surface area contributed by atoms with Gasteiger partial charge >= 0.3 is 0 Å². The molecule has 3 fully saturated rings. The SMILES string of the molecule is C/C1=C/CCC(OB2C3CCCC2CCC3)C[C@@H]2[C@@H](O[Si](C)(C)C(C)(C)C)CC[C@H]12. The number of hydrogen-bond acceptors (Lipinski definition) is 2. The molecule has 2 aliphatic heterocycles. The normalized spacial score (nSPS) is 39.7. The van der Waals surface area contributed by atoms with Gasteiger partial charge in [-0.1, -0.05) is 70.9 Å². The Morgan fingerprint density at radius 2 is 1.57 bits per heavy atom. The van der Waals surface area contributed by atoms with Crippen LogP contribution in [0.3, 0.4) is 0 Å². The third-order valence-electron chi connectivity index (χ3n) is 9.66. The fourth-order valence-electron chi connectivity index (χ4n) is 6.87. The summed E-state index contributed by atoms with van der Waals surface area (Å²) in [7, 11) is -1.74. The van der Waals surface area contributed by atoms with Crippen LogP contribution in [0.2, 0.25) is 29.8 Å². The Balaban J connectivity index is 1.49. The molecule has 0 aromatic heterocycles. The van der Waals surface area contributed by atoms with Crippen LogP contribution in [0.4, 0.5) is 0 Å². The van der Waals surface area contributed by atoms with Crippen molar-refractivity contribution in [1.29, 1.82) is 0 Å². The van der Waals surface area contributed by atoms with Gasteiger partial charge in [-0.3, -0.25) is 0 Å². The van der Waals surface area contributed by atoms with Crippen molar-refractivity contribution in [3.05, 3.63) is 11.6 Å². The average Bonchev–Trinajstić information content (AvgIpc) is 3.00. The minimum atomic E-state index is -1.74. The van der Waals surface area contributed by atoms with Gasteiger partial charge in [0.2, 0.25) is 0 Å². The van der Waals surface area contributed by atoms with E-state index in [1.165, 1.54) is 70.6 Å². The van der Waals surface area contributed by atoms with Gasteiger partial charge in [0, 0.05) is 12.2 Å². The van der Waals surface area contributed by atoms with E-state index in [1.807, 2.05) is 0 Å². The third kappa shape index (κ3) is 4.81. The highest BCUT2D eigenvalue weighted by Gasteiger charge is 2.47. The molecule has 30 heavy (non-hydrogen) atoms. The molecule has 2 bridgehead atoms. The second-order valence-corrected chi connectivity index (χ2v) is 17.4. The minimum Gasteiger partial charge on any atom is -0.433 e. The molecule has 4 heteroatoms. The quantitative estimate of drug-likeness (QED) is 0.332. The maximum absolute atomic E-state index is 7.05. The molecule has 0 radical (unpaired) electrons. The highest BCUT2D eigenvalue weighted by Crippen LogP contribution is 2.50. The molecule has 2 saturated heterocycles. The van der Waals surface area contributed by atoms with E-state index in [9.17, 15) is 0 Å². The molecule has 0 amide bonds. The topological polar surface area (TPSA) is 18.5 Å². The largest absolute Gasteiger partial charge is 0.433 e. The average molecular weight is 431 g/mol. The monoisotopic (exact) mass is 430 g/mol. The van der Waals surface area contributed by atoms with Crippen molar-refractivity contribution < 1.29 is 9.08 Å². The molecular formula is C26H47BO2Si. The lowest BCUT2D eigenvalue weighted by Crippen LogP contribution is -2.46. The smallest absolute Gasteiger partial charge is 0.299 e. The molecule has 0 spiro atoms. The summed E-state index contributed by atoms with van der Waals surface area (Å²) in [6.45, 7) is 14.9. The van der Waals surface area contributed by atoms with Crippen LogP contribution in [-0.2, 0) is 9.08 Å². The summed E-state index contributed by atoms with van der Waals surface area (Å²) < 4.78 is 14.1.